The molecule has 13 aromatic rings. The molecule has 0 aliphatic rings. The minimum Gasteiger partial charge on any atom is -0.309 e. The highest BCUT2D eigenvalue weighted by atomic mass is 15.0. The molecule has 0 bridgehead atoms. The fourth-order valence-electron chi connectivity index (χ4n) is 10.4. The maximum absolute atomic E-state index is 10.9. The average Bonchev–Trinajstić information content (AvgIpc) is 4.06. The molecule has 0 aliphatic heterocycles. The largest absolute Gasteiger partial charge is 0.309 e. The van der Waals surface area contributed by atoms with E-state index in [-0.39, 0.29) is 0 Å². The minimum atomic E-state index is 0.420. The van der Waals surface area contributed by atoms with E-state index in [0.717, 1.165) is 87.8 Å². The minimum absolute atomic E-state index is 0.420. The number of aromatic nitrogens is 4. The summed E-state index contributed by atoms with van der Waals surface area (Å²) >= 11 is 0. The third kappa shape index (κ3) is 4.50. The molecule has 286 valence electrons. The first-order valence-corrected chi connectivity index (χ1v) is 20.7. The summed E-state index contributed by atoms with van der Waals surface area (Å²) in [5, 5.41) is 30.9. The van der Waals surface area contributed by atoms with Crippen molar-refractivity contribution < 1.29 is 0 Å². The van der Waals surface area contributed by atoms with E-state index >= 15 is 0 Å². The topological polar surface area (TPSA) is 67.3 Å². The number of benzene rings is 9. The van der Waals surface area contributed by atoms with Crippen LogP contribution in [-0.2, 0) is 0 Å². The molecular weight excluding hydrogens is 757 g/mol. The van der Waals surface area contributed by atoms with Crippen LogP contribution in [0.25, 0.3) is 110 Å². The van der Waals surface area contributed by atoms with Gasteiger partial charge in [0.1, 0.15) is 12.1 Å². The standard InChI is InChI=1S/C56H32N6/c57-33-35-31-36(34-58)52(62-48-26-14-10-22-44(48)54-50(62)30-28-42-40-20-8-12-24-46(40)60(56(42)54)38-17-5-2-6-18-38)32-51(35)61-47-25-13-9-21-43(47)53-49(61)29-27-41-39-19-7-11-23-45(39)59(55(41)53)37-15-3-1-4-16-37/h1-32H. The second-order valence-electron chi connectivity index (χ2n) is 15.9. The second kappa shape index (κ2) is 12.8. The average molecular weight is 789 g/mol. The van der Waals surface area contributed by atoms with Gasteiger partial charge in [-0.1, -0.05) is 121 Å². The Morgan fingerprint density at radius 3 is 1.05 bits per heavy atom. The van der Waals surface area contributed by atoms with Gasteiger partial charge in [-0.3, -0.25) is 0 Å². The number of hydrogen-bond donors (Lipinski definition) is 0. The van der Waals surface area contributed by atoms with Crippen molar-refractivity contribution in [2.75, 3.05) is 0 Å². The van der Waals surface area contributed by atoms with Crippen LogP contribution in [0.3, 0.4) is 0 Å². The van der Waals surface area contributed by atoms with Crippen LogP contribution in [0.5, 0.6) is 0 Å². The quantitative estimate of drug-likeness (QED) is 0.178. The second-order valence-corrected chi connectivity index (χ2v) is 15.9. The van der Waals surface area contributed by atoms with Crippen molar-refractivity contribution in [1.82, 2.24) is 18.3 Å². The molecule has 0 amide bonds. The van der Waals surface area contributed by atoms with Gasteiger partial charge in [-0.25, -0.2) is 0 Å². The van der Waals surface area contributed by atoms with Crippen molar-refractivity contribution in [2.45, 2.75) is 0 Å². The van der Waals surface area contributed by atoms with Gasteiger partial charge < -0.3 is 18.3 Å². The van der Waals surface area contributed by atoms with Crippen LogP contribution in [0.2, 0.25) is 0 Å². The molecule has 0 spiro atoms. The molecule has 9 aromatic carbocycles. The van der Waals surface area contributed by atoms with Gasteiger partial charge in [0.25, 0.3) is 0 Å². The van der Waals surface area contributed by atoms with Gasteiger partial charge >= 0.3 is 0 Å². The predicted molar refractivity (Wildman–Crippen MR) is 253 cm³/mol. The van der Waals surface area contributed by atoms with Crippen LogP contribution in [0.4, 0.5) is 0 Å². The lowest BCUT2D eigenvalue weighted by molar-refractivity contribution is 1.12. The van der Waals surface area contributed by atoms with Crippen molar-refractivity contribution in [3.63, 3.8) is 0 Å². The van der Waals surface area contributed by atoms with Crippen molar-refractivity contribution in [1.29, 1.82) is 10.5 Å². The first kappa shape index (κ1) is 34.1. The van der Waals surface area contributed by atoms with Crippen LogP contribution < -0.4 is 0 Å². The zero-order valence-corrected chi connectivity index (χ0v) is 33.2. The molecular formula is C56H32N6. The molecule has 13 rings (SSSR count). The third-order valence-corrected chi connectivity index (χ3v) is 12.8. The molecule has 0 saturated carbocycles. The number of fused-ring (bicyclic) bond motifs is 14. The van der Waals surface area contributed by atoms with Crippen LogP contribution in [0.15, 0.2) is 194 Å². The predicted octanol–water partition coefficient (Wildman–Crippen LogP) is 13.8. The zero-order chi connectivity index (χ0) is 41.1. The Kier molecular flexibility index (Phi) is 7.05. The maximum Gasteiger partial charge on any atom is 0.101 e. The Morgan fingerprint density at radius 2 is 0.645 bits per heavy atom. The molecule has 6 nitrogen and oxygen atoms in total. The summed E-state index contributed by atoms with van der Waals surface area (Å²) in [6, 6.07) is 72.8. The number of hydrogen-bond acceptors (Lipinski definition) is 2. The molecule has 62 heavy (non-hydrogen) atoms. The highest BCUT2D eigenvalue weighted by molar-refractivity contribution is 6.27. The van der Waals surface area contributed by atoms with Gasteiger partial charge in [-0.2, -0.15) is 10.5 Å². The Hall–Kier alpha value is -8.84. The van der Waals surface area contributed by atoms with Gasteiger partial charge in [0.15, 0.2) is 0 Å². The van der Waals surface area contributed by atoms with Crippen LogP contribution in [0, 0.1) is 22.7 Å². The first-order chi connectivity index (χ1) is 30.7. The van der Waals surface area contributed by atoms with E-state index in [1.807, 2.05) is 12.1 Å². The van der Waals surface area contributed by atoms with Crippen LogP contribution in [-0.4, -0.2) is 18.3 Å². The zero-order valence-electron chi connectivity index (χ0n) is 33.2. The monoisotopic (exact) mass is 788 g/mol. The molecule has 0 atom stereocenters. The van der Waals surface area contributed by atoms with Crippen molar-refractivity contribution >= 4 is 87.2 Å². The van der Waals surface area contributed by atoms with Gasteiger partial charge in [0.05, 0.1) is 66.6 Å². The lowest BCUT2D eigenvalue weighted by Gasteiger charge is -2.16. The van der Waals surface area contributed by atoms with E-state index in [9.17, 15) is 10.5 Å². The van der Waals surface area contributed by atoms with E-state index in [1.54, 1.807) is 6.07 Å². The molecule has 0 radical (unpaired) electrons. The Labute approximate surface area is 354 Å². The molecule has 0 fully saturated rings. The molecule has 4 aromatic heterocycles. The molecule has 0 N–H and O–H groups in total. The Balaban J connectivity index is 1.16. The van der Waals surface area contributed by atoms with E-state index in [0.29, 0.717) is 22.5 Å². The highest BCUT2D eigenvalue weighted by Crippen LogP contribution is 2.45. The summed E-state index contributed by atoms with van der Waals surface area (Å²) in [7, 11) is 0. The summed E-state index contributed by atoms with van der Waals surface area (Å²) in [6.45, 7) is 0. The fourth-order valence-corrected chi connectivity index (χ4v) is 10.4. The smallest absolute Gasteiger partial charge is 0.101 e. The normalized spacial score (nSPS) is 11.8. The molecule has 0 unspecified atom stereocenters. The van der Waals surface area contributed by atoms with Crippen molar-refractivity contribution in [3.8, 4) is 34.9 Å². The summed E-state index contributed by atoms with van der Waals surface area (Å²) in [5.41, 5.74) is 12.8. The number of nitrogens with zero attached hydrogens (tertiary/aromatic N) is 6. The van der Waals surface area contributed by atoms with Crippen molar-refractivity contribution in [2.24, 2.45) is 0 Å². The number of para-hydroxylation sites is 6. The summed E-state index contributed by atoms with van der Waals surface area (Å²) in [6.07, 6.45) is 0. The molecule has 0 aliphatic carbocycles. The Morgan fingerprint density at radius 1 is 0.290 bits per heavy atom. The Bertz CT molecular complexity index is 3840. The fraction of sp³-hybridized carbons (Fsp3) is 0. The maximum atomic E-state index is 10.9. The van der Waals surface area contributed by atoms with Gasteiger partial charge in [0, 0.05) is 54.5 Å². The number of nitriles is 2. The molecule has 4 heterocycles. The van der Waals surface area contributed by atoms with Gasteiger partial charge in [-0.05, 0) is 72.8 Å². The van der Waals surface area contributed by atoms with Crippen LogP contribution >= 0.6 is 0 Å². The number of rotatable bonds is 4. The lowest BCUT2D eigenvalue weighted by atomic mass is 10.1. The van der Waals surface area contributed by atoms with E-state index in [2.05, 4.69) is 206 Å². The first-order valence-electron chi connectivity index (χ1n) is 20.7. The molecule has 0 saturated heterocycles. The van der Waals surface area contributed by atoms with E-state index < -0.39 is 0 Å². The SMILES string of the molecule is N#Cc1cc(C#N)c(-n2c3ccccc3c3c2ccc2c4ccccc4n(-c4ccccc4)c23)cc1-n1c2ccccc2c2c1ccc1c3ccccc3n(-c3ccccc3)c12. The van der Waals surface area contributed by atoms with Crippen LogP contribution in [0.1, 0.15) is 11.1 Å². The summed E-state index contributed by atoms with van der Waals surface area (Å²) in [4.78, 5) is 0. The third-order valence-electron chi connectivity index (χ3n) is 12.8. The van der Waals surface area contributed by atoms with E-state index in [1.165, 1.54) is 10.8 Å². The van der Waals surface area contributed by atoms with E-state index in [4.69, 9.17) is 0 Å². The molecule has 6 heteroatoms. The van der Waals surface area contributed by atoms with Gasteiger partial charge in [0.2, 0.25) is 0 Å². The van der Waals surface area contributed by atoms with Gasteiger partial charge in [-0.15, -0.1) is 0 Å². The highest BCUT2D eigenvalue weighted by Gasteiger charge is 2.26. The van der Waals surface area contributed by atoms with Crippen molar-refractivity contribution in [3.05, 3.63) is 205 Å². The lowest BCUT2D eigenvalue weighted by Crippen LogP contribution is -2.04. The summed E-state index contributed by atoms with van der Waals surface area (Å²) in [5.74, 6) is 0. The summed E-state index contributed by atoms with van der Waals surface area (Å²) < 4.78 is 9.18.